The van der Waals surface area contributed by atoms with Crippen molar-refractivity contribution in [1.82, 2.24) is 0 Å². The van der Waals surface area contributed by atoms with Crippen LogP contribution < -0.4 is 0 Å². The predicted octanol–water partition coefficient (Wildman–Crippen LogP) is 9.70. The number of halogens is 3. The van der Waals surface area contributed by atoms with E-state index >= 15 is 0 Å². The molecule has 0 aliphatic heterocycles. The van der Waals surface area contributed by atoms with Gasteiger partial charge in [-0.2, -0.15) is 0 Å². The molecule has 2 aliphatic rings. The molecule has 1 saturated carbocycles. The molecule has 0 amide bonds. The highest BCUT2D eigenvalue weighted by Crippen LogP contribution is 2.68. The van der Waals surface area contributed by atoms with E-state index < -0.39 is 41.6 Å². The van der Waals surface area contributed by atoms with Crippen LogP contribution in [0.2, 0.25) is 0 Å². The first-order valence-corrected chi connectivity index (χ1v) is 19.0. The van der Waals surface area contributed by atoms with Crippen molar-refractivity contribution in [2.45, 2.75) is 59.4 Å². The summed E-state index contributed by atoms with van der Waals surface area (Å²) < 4.78 is 26.0. The highest BCUT2D eigenvalue weighted by atomic mass is 79.9. The third kappa shape index (κ3) is 9.10. The molecule has 51 heavy (non-hydrogen) atoms. The molecule has 0 bridgehead atoms. The fourth-order valence-corrected chi connectivity index (χ4v) is 7.75. The molecule has 3 aromatic carbocycles. The lowest BCUT2D eigenvalue weighted by atomic mass is 9.83. The van der Waals surface area contributed by atoms with Crippen molar-refractivity contribution in [3.63, 3.8) is 0 Å². The summed E-state index contributed by atoms with van der Waals surface area (Å²) in [6.45, 7) is 9.63. The number of rotatable bonds is 13. The fraction of sp³-hybridized carbons (Fsp3) is 0.350. The number of esters is 4. The molecule has 1 fully saturated rings. The van der Waals surface area contributed by atoms with E-state index in [0.29, 0.717) is 16.7 Å². The first kappa shape index (κ1) is 38.7. The van der Waals surface area contributed by atoms with Gasteiger partial charge in [-0.05, 0) is 131 Å². The SMILES string of the molecule is CCOC(=O)[C@@]1(C)C=C(C)[C@H]2[C@H](/C(C)=C/[C@H](OC(=O)c3ccc(Br)cc3)[C@H](C[C@H](C)OC(=O)c3ccc(Br)cc3)OC(=O)c3ccc(Br)cc3)[C@H]21. The van der Waals surface area contributed by atoms with E-state index in [-0.39, 0.29) is 36.8 Å². The summed E-state index contributed by atoms with van der Waals surface area (Å²) in [7, 11) is 0. The molecule has 11 heteroatoms. The smallest absolute Gasteiger partial charge is 0.338 e. The molecule has 3 aromatic rings. The van der Waals surface area contributed by atoms with Gasteiger partial charge in [0.15, 0.2) is 6.10 Å². The van der Waals surface area contributed by atoms with Crippen LogP contribution >= 0.6 is 47.8 Å². The van der Waals surface area contributed by atoms with Gasteiger partial charge in [0.1, 0.15) is 12.2 Å². The zero-order valence-corrected chi connectivity index (χ0v) is 33.6. The van der Waals surface area contributed by atoms with E-state index in [1.165, 1.54) is 0 Å². The predicted molar refractivity (Wildman–Crippen MR) is 203 cm³/mol. The second-order valence-corrected chi connectivity index (χ2v) is 15.9. The lowest BCUT2D eigenvalue weighted by molar-refractivity contribution is -0.152. The van der Waals surface area contributed by atoms with Gasteiger partial charge in [-0.25, -0.2) is 14.4 Å². The van der Waals surface area contributed by atoms with Gasteiger partial charge < -0.3 is 18.9 Å². The maximum atomic E-state index is 13.6. The summed E-state index contributed by atoms with van der Waals surface area (Å²) in [5.41, 5.74) is 2.14. The van der Waals surface area contributed by atoms with Gasteiger partial charge in [0.25, 0.3) is 0 Å². The van der Waals surface area contributed by atoms with Crippen molar-refractivity contribution in [3.8, 4) is 0 Å². The molecule has 8 nitrogen and oxygen atoms in total. The fourth-order valence-electron chi connectivity index (χ4n) is 6.95. The highest BCUT2D eigenvalue weighted by Gasteiger charge is 2.66. The lowest BCUT2D eigenvalue weighted by Crippen LogP contribution is -2.37. The molecule has 0 saturated heterocycles. The van der Waals surface area contributed by atoms with Gasteiger partial charge in [0.05, 0.1) is 28.7 Å². The largest absolute Gasteiger partial charge is 0.465 e. The minimum atomic E-state index is -1.08. The van der Waals surface area contributed by atoms with Gasteiger partial charge in [-0.15, -0.1) is 0 Å². The van der Waals surface area contributed by atoms with Crippen LogP contribution in [-0.2, 0) is 23.7 Å². The van der Waals surface area contributed by atoms with Crippen LogP contribution in [0.3, 0.4) is 0 Å². The van der Waals surface area contributed by atoms with Gasteiger partial charge >= 0.3 is 23.9 Å². The summed E-state index contributed by atoms with van der Waals surface area (Å²) in [6.07, 6.45) is 0.942. The first-order valence-electron chi connectivity index (χ1n) is 16.7. The monoisotopic (exact) mass is 884 g/mol. The molecule has 0 heterocycles. The van der Waals surface area contributed by atoms with Crippen molar-refractivity contribution < 1.29 is 38.1 Å². The summed E-state index contributed by atoms with van der Waals surface area (Å²) in [5, 5.41) is 0. The second kappa shape index (κ2) is 16.4. The van der Waals surface area contributed by atoms with Gasteiger partial charge in [0, 0.05) is 19.8 Å². The average molecular weight is 887 g/mol. The number of carbonyl (C=O) groups excluding carboxylic acids is 4. The zero-order chi connectivity index (χ0) is 37.0. The first-order chi connectivity index (χ1) is 24.2. The number of benzene rings is 3. The molecular formula is C40H39Br3O8. The quantitative estimate of drug-likeness (QED) is 0.0950. The van der Waals surface area contributed by atoms with Gasteiger partial charge in [-0.1, -0.05) is 65.0 Å². The van der Waals surface area contributed by atoms with Crippen LogP contribution in [0.1, 0.15) is 72.1 Å². The molecule has 268 valence electrons. The Morgan fingerprint density at radius 1 is 0.765 bits per heavy atom. The molecule has 0 aromatic heterocycles. The maximum absolute atomic E-state index is 13.6. The van der Waals surface area contributed by atoms with E-state index in [1.807, 2.05) is 26.8 Å². The average Bonchev–Trinajstić information content (AvgIpc) is 3.80. The summed E-state index contributed by atoms with van der Waals surface area (Å²) in [5.74, 6) is -2.00. The Bertz CT molecular complexity index is 1830. The van der Waals surface area contributed by atoms with Gasteiger partial charge in [0.2, 0.25) is 0 Å². The number of carbonyl (C=O) groups is 4. The number of ether oxygens (including phenoxy) is 4. The lowest BCUT2D eigenvalue weighted by Gasteiger charge is -2.28. The third-order valence-corrected chi connectivity index (χ3v) is 11.0. The Balaban J connectivity index is 1.48. The van der Waals surface area contributed by atoms with Crippen LogP contribution in [0.5, 0.6) is 0 Å². The standard InChI is InChI=1S/C40H39Br3O8/c1-6-48-39(47)40(5)21-23(3)34-33(35(34)40)22(2)19-31(50-37(45)26-9-15-29(42)16-10-26)32(51-38(46)27-11-17-30(43)18-12-27)20-24(4)49-36(44)25-7-13-28(41)14-8-25/h7-19,21,24,31-35H,6,20H2,1-5H3/b22-19+/t24-,31-,32-,33-,34-,35+,40-/m0/s1. The number of allylic oxidation sites excluding steroid dienone is 2. The minimum Gasteiger partial charge on any atom is -0.465 e. The zero-order valence-electron chi connectivity index (χ0n) is 28.9. The summed E-state index contributed by atoms with van der Waals surface area (Å²) in [6, 6.07) is 20.2. The summed E-state index contributed by atoms with van der Waals surface area (Å²) >= 11 is 10.2. The van der Waals surface area contributed by atoms with Crippen molar-refractivity contribution in [1.29, 1.82) is 0 Å². The van der Waals surface area contributed by atoms with Crippen molar-refractivity contribution >= 4 is 71.7 Å². The molecule has 0 N–H and O–H groups in total. The minimum absolute atomic E-state index is 0.0175. The van der Waals surface area contributed by atoms with Crippen LogP contribution in [-0.4, -0.2) is 48.8 Å². The van der Waals surface area contributed by atoms with E-state index in [1.54, 1.807) is 92.7 Å². The van der Waals surface area contributed by atoms with Crippen molar-refractivity contribution in [2.75, 3.05) is 6.61 Å². The maximum Gasteiger partial charge on any atom is 0.338 e. The Kier molecular flexibility index (Phi) is 12.5. The Morgan fingerprint density at radius 2 is 1.22 bits per heavy atom. The highest BCUT2D eigenvalue weighted by molar-refractivity contribution is 9.11. The Labute approximate surface area is 323 Å². The molecule has 2 aliphatic carbocycles. The Hall–Kier alpha value is -3.54. The van der Waals surface area contributed by atoms with E-state index in [0.717, 1.165) is 24.6 Å². The molecule has 0 unspecified atom stereocenters. The molecule has 5 rings (SSSR count). The van der Waals surface area contributed by atoms with Crippen LogP contribution in [0, 0.1) is 23.2 Å². The van der Waals surface area contributed by atoms with Crippen molar-refractivity contribution in [2.24, 2.45) is 23.2 Å². The molecular weight excluding hydrogens is 848 g/mol. The van der Waals surface area contributed by atoms with Crippen LogP contribution in [0.15, 0.2) is 110 Å². The van der Waals surface area contributed by atoms with Crippen LogP contribution in [0.4, 0.5) is 0 Å². The van der Waals surface area contributed by atoms with E-state index in [2.05, 4.69) is 47.8 Å². The number of fused-ring (bicyclic) bond motifs is 1. The van der Waals surface area contributed by atoms with E-state index in [4.69, 9.17) is 18.9 Å². The second-order valence-electron chi connectivity index (χ2n) is 13.2. The number of hydrogen-bond acceptors (Lipinski definition) is 8. The summed E-state index contributed by atoms with van der Waals surface area (Å²) in [4.78, 5) is 53.4. The van der Waals surface area contributed by atoms with E-state index in [9.17, 15) is 19.2 Å². The molecule has 0 radical (unpaired) electrons. The van der Waals surface area contributed by atoms with Crippen LogP contribution in [0.25, 0.3) is 0 Å². The normalized spacial score (nSPS) is 22.5. The molecule has 0 spiro atoms. The number of hydrogen-bond donors (Lipinski definition) is 0. The molecule has 7 atom stereocenters. The topological polar surface area (TPSA) is 105 Å². The van der Waals surface area contributed by atoms with Gasteiger partial charge in [-0.3, -0.25) is 4.79 Å². The third-order valence-electron chi connectivity index (χ3n) is 9.41. The van der Waals surface area contributed by atoms with Crippen molar-refractivity contribution in [3.05, 3.63) is 126 Å². The Morgan fingerprint density at radius 3 is 1.69 bits per heavy atom.